The molecule has 0 saturated carbocycles. The van der Waals surface area contributed by atoms with Crippen LogP contribution in [0.5, 0.6) is 5.75 Å². The van der Waals surface area contributed by atoms with Gasteiger partial charge in [0.05, 0.1) is 20.4 Å². The van der Waals surface area contributed by atoms with E-state index in [0.717, 1.165) is 36.0 Å². The van der Waals surface area contributed by atoms with Crippen LogP contribution in [0.3, 0.4) is 0 Å². The lowest BCUT2D eigenvalue weighted by Crippen LogP contribution is -2.46. The lowest BCUT2D eigenvalue weighted by molar-refractivity contribution is 0.273. The maximum Gasteiger partial charge on any atom is 0.137 e. The SMILES string of the molecule is COc1ccc(N2CN(Cc3ccccc3)CN=C2c2ccccc2)cc1. The molecular formula is C23H23N3O. The van der Waals surface area contributed by atoms with Crippen molar-refractivity contribution in [3.05, 3.63) is 96.1 Å². The minimum atomic E-state index is 0.686. The van der Waals surface area contributed by atoms with Gasteiger partial charge in [0.25, 0.3) is 0 Å². The molecule has 1 aliphatic heterocycles. The molecule has 3 aromatic carbocycles. The second kappa shape index (κ2) is 8.06. The van der Waals surface area contributed by atoms with Crippen molar-refractivity contribution < 1.29 is 4.74 Å². The van der Waals surface area contributed by atoms with E-state index in [9.17, 15) is 0 Å². The van der Waals surface area contributed by atoms with E-state index in [0.29, 0.717) is 6.67 Å². The molecule has 1 heterocycles. The molecule has 4 heteroatoms. The smallest absolute Gasteiger partial charge is 0.137 e. The quantitative estimate of drug-likeness (QED) is 0.678. The molecule has 0 fully saturated rings. The molecule has 0 radical (unpaired) electrons. The molecule has 0 amide bonds. The van der Waals surface area contributed by atoms with Gasteiger partial charge in [-0.3, -0.25) is 9.89 Å². The van der Waals surface area contributed by atoms with Gasteiger partial charge in [-0.15, -0.1) is 0 Å². The summed E-state index contributed by atoms with van der Waals surface area (Å²) < 4.78 is 5.31. The van der Waals surface area contributed by atoms with Gasteiger partial charge in [0, 0.05) is 17.8 Å². The fourth-order valence-corrected chi connectivity index (χ4v) is 3.31. The highest BCUT2D eigenvalue weighted by molar-refractivity contribution is 6.10. The summed E-state index contributed by atoms with van der Waals surface area (Å²) in [7, 11) is 1.69. The van der Waals surface area contributed by atoms with Gasteiger partial charge in [0.1, 0.15) is 11.6 Å². The molecule has 4 rings (SSSR count). The summed E-state index contributed by atoms with van der Waals surface area (Å²) in [5.74, 6) is 1.86. The molecule has 0 saturated heterocycles. The average Bonchev–Trinajstić information content (AvgIpc) is 2.75. The second-order valence-electron chi connectivity index (χ2n) is 6.57. The number of anilines is 1. The fourth-order valence-electron chi connectivity index (χ4n) is 3.31. The summed E-state index contributed by atoms with van der Waals surface area (Å²) in [5.41, 5.74) is 3.54. The van der Waals surface area contributed by atoms with Gasteiger partial charge in [-0.1, -0.05) is 60.7 Å². The predicted octanol–water partition coefficient (Wildman–Crippen LogP) is 4.38. The van der Waals surface area contributed by atoms with Crippen LogP contribution in [0.15, 0.2) is 89.9 Å². The Hall–Kier alpha value is -3.11. The second-order valence-corrected chi connectivity index (χ2v) is 6.57. The Morgan fingerprint density at radius 2 is 1.52 bits per heavy atom. The minimum Gasteiger partial charge on any atom is -0.497 e. The standard InChI is InChI=1S/C23H23N3O/c1-27-22-14-12-21(13-15-22)26-18-25(16-19-8-4-2-5-9-19)17-24-23(26)20-10-6-3-7-11-20/h2-15H,16-18H2,1H3. The van der Waals surface area contributed by atoms with E-state index >= 15 is 0 Å². The number of ether oxygens (including phenoxy) is 1. The van der Waals surface area contributed by atoms with Crippen molar-refractivity contribution in [3.8, 4) is 5.75 Å². The first-order chi connectivity index (χ1) is 13.3. The molecule has 0 aromatic heterocycles. The van der Waals surface area contributed by atoms with E-state index in [1.54, 1.807) is 7.11 Å². The van der Waals surface area contributed by atoms with E-state index in [4.69, 9.17) is 9.73 Å². The normalized spacial score (nSPS) is 14.7. The Labute approximate surface area is 160 Å². The number of amidine groups is 1. The molecule has 0 atom stereocenters. The van der Waals surface area contributed by atoms with Crippen LogP contribution in [0.25, 0.3) is 0 Å². The van der Waals surface area contributed by atoms with Crippen molar-refractivity contribution in [3.63, 3.8) is 0 Å². The summed E-state index contributed by atoms with van der Waals surface area (Å²) in [5, 5.41) is 0. The molecule has 4 nitrogen and oxygen atoms in total. The molecule has 136 valence electrons. The number of methoxy groups -OCH3 is 1. The Kier molecular flexibility index (Phi) is 5.17. The van der Waals surface area contributed by atoms with Crippen molar-refractivity contribution in [1.29, 1.82) is 0 Å². The number of aliphatic imine (C=N–C) groups is 1. The third kappa shape index (κ3) is 4.01. The summed E-state index contributed by atoms with van der Waals surface area (Å²) in [6.07, 6.45) is 0. The van der Waals surface area contributed by atoms with Gasteiger partial charge in [-0.25, -0.2) is 0 Å². The van der Waals surface area contributed by atoms with E-state index in [1.807, 2.05) is 18.2 Å². The highest BCUT2D eigenvalue weighted by Gasteiger charge is 2.23. The highest BCUT2D eigenvalue weighted by Crippen LogP contribution is 2.24. The molecule has 27 heavy (non-hydrogen) atoms. The lowest BCUT2D eigenvalue weighted by atomic mass is 10.1. The Morgan fingerprint density at radius 1 is 0.852 bits per heavy atom. The van der Waals surface area contributed by atoms with Crippen molar-refractivity contribution in [2.45, 2.75) is 6.54 Å². The van der Waals surface area contributed by atoms with Crippen LogP contribution in [0.1, 0.15) is 11.1 Å². The third-order valence-electron chi connectivity index (χ3n) is 4.68. The van der Waals surface area contributed by atoms with Crippen LogP contribution in [-0.2, 0) is 6.54 Å². The van der Waals surface area contributed by atoms with Crippen molar-refractivity contribution in [1.82, 2.24) is 4.90 Å². The summed E-state index contributed by atoms with van der Waals surface area (Å²) in [6.45, 7) is 2.35. The Bertz CT molecular complexity index is 892. The molecule has 0 aliphatic carbocycles. The first-order valence-electron chi connectivity index (χ1n) is 9.11. The van der Waals surface area contributed by atoms with E-state index in [1.165, 1.54) is 5.56 Å². The van der Waals surface area contributed by atoms with Gasteiger partial charge < -0.3 is 9.64 Å². The van der Waals surface area contributed by atoms with E-state index in [-0.39, 0.29) is 0 Å². The fraction of sp³-hybridized carbons (Fsp3) is 0.174. The topological polar surface area (TPSA) is 28.1 Å². The molecule has 0 bridgehead atoms. The summed E-state index contributed by atoms with van der Waals surface area (Å²) in [4.78, 5) is 9.52. The number of rotatable bonds is 5. The van der Waals surface area contributed by atoms with Gasteiger partial charge in [-0.05, 0) is 29.8 Å². The van der Waals surface area contributed by atoms with Crippen LogP contribution in [0, 0.1) is 0 Å². The first-order valence-corrected chi connectivity index (χ1v) is 9.11. The zero-order chi connectivity index (χ0) is 18.5. The van der Waals surface area contributed by atoms with Crippen LogP contribution in [0.2, 0.25) is 0 Å². The number of benzene rings is 3. The molecule has 0 spiro atoms. The van der Waals surface area contributed by atoms with Crippen LogP contribution < -0.4 is 9.64 Å². The van der Waals surface area contributed by atoms with Gasteiger partial charge in [-0.2, -0.15) is 0 Å². The summed E-state index contributed by atoms with van der Waals surface area (Å²) >= 11 is 0. The van der Waals surface area contributed by atoms with Crippen LogP contribution in [-0.4, -0.2) is 31.2 Å². The molecular weight excluding hydrogens is 334 g/mol. The maximum absolute atomic E-state index is 5.31. The van der Waals surface area contributed by atoms with Crippen LogP contribution in [0.4, 0.5) is 5.69 Å². The largest absolute Gasteiger partial charge is 0.497 e. The van der Waals surface area contributed by atoms with E-state index in [2.05, 4.69) is 76.5 Å². The van der Waals surface area contributed by atoms with Gasteiger partial charge in [0.15, 0.2) is 0 Å². The molecule has 3 aromatic rings. The van der Waals surface area contributed by atoms with Crippen LogP contribution >= 0.6 is 0 Å². The molecule has 1 aliphatic rings. The minimum absolute atomic E-state index is 0.686. The summed E-state index contributed by atoms with van der Waals surface area (Å²) in [6, 6.07) is 29.1. The highest BCUT2D eigenvalue weighted by atomic mass is 16.5. The lowest BCUT2D eigenvalue weighted by Gasteiger charge is -2.36. The molecule has 0 N–H and O–H groups in total. The van der Waals surface area contributed by atoms with Crippen molar-refractivity contribution in [2.75, 3.05) is 25.3 Å². The van der Waals surface area contributed by atoms with Gasteiger partial charge >= 0.3 is 0 Å². The third-order valence-corrected chi connectivity index (χ3v) is 4.68. The van der Waals surface area contributed by atoms with E-state index < -0.39 is 0 Å². The number of hydrogen-bond donors (Lipinski definition) is 0. The van der Waals surface area contributed by atoms with Crippen molar-refractivity contribution >= 4 is 11.5 Å². The zero-order valence-electron chi connectivity index (χ0n) is 15.5. The molecule has 0 unspecified atom stereocenters. The predicted molar refractivity (Wildman–Crippen MR) is 110 cm³/mol. The van der Waals surface area contributed by atoms with Crippen molar-refractivity contribution in [2.24, 2.45) is 4.99 Å². The maximum atomic E-state index is 5.31. The Balaban J connectivity index is 1.64. The van der Waals surface area contributed by atoms with Gasteiger partial charge in [0.2, 0.25) is 0 Å². The number of hydrogen-bond acceptors (Lipinski definition) is 4. The Morgan fingerprint density at radius 3 is 2.19 bits per heavy atom. The zero-order valence-corrected chi connectivity index (χ0v) is 15.5. The first kappa shape index (κ1) is 17.3. The number of nitrogens with zero attached hydrogens (tertiary/aromatic N) is 3. The monoisotopic (exact) mass is 357 g/mol. The average molecular weight is 357 g/mol.